The van der Waals surface area contributed by atoms with E-state index < -0.39 is 46.0 Å². The number of phenols is 8. The molecule has 9 nitrogen and oxygen atoms in total. The van der Waals surface area contributed by atoms with Crippen LogP contribution in [0.2, 0.25) is 0 Å². The van der Waals surface area contributed by atoms with Gasteiger partial charge in [0.15, 0.2) is 23.0 Å². The second kappa shape index (κ2) is 12.1. The minimum atomic E-state index is -1.03. The molecule has 11 aromatic rings. The fourth-order valence-electron chi connectivity index (χ4n) is 8.98. The van der Waals surface area contributed by atoms with Crippen molar-refractivity contribution in [2.24, 2.45) is 0 Å². The van der Waals surface area contributed by atoms with Crippen molar-refractivity contribution in [1.82, 2.24) is 0 Å². The Labute approximate surface area is 333 Å². The van der Waals surface area contributed by atoms with E-state index in [1.165, 1.54) is 0 Å². The fraction of sp³-hybridized carbons (Fsp3) is 0. The van der Waals surface area contributed by atoms with Crippen LogP contribution in [0.25, 0.3) is 109 Å². The molecule has 0 atom stereocenters. The molecule has 0 saturated carbocycles. The van der Waals surface area contributed by atoms with Crippen LogP contribution in [0.3, 0.4) is 0 Å². The Kier molecular flexibility index (Phi) is 6.97. The number of benzene rings is 10. The van der Waals surface area contributed by atoms with Gasteiger partial charge < -0.3 is 45.3 Å². The summed E-state index contributed by atoms with van der Waals surface area (Å²) in [6.45, 7) is 0. The molecule has 0 aliphatic carbocycles. The zero-order valence-corrected chi connectivity index (χ0v) is 30.7. The van der Waals surface area contributed by atoms with E-state index in [0.29, 0.717) is 27.5 Å². The van der Waals surface area contributed by atoms with Gasteiger partial charge in [-0.25, -0.2) is 0 Å². The van der Waals surface area contributed by atoms with Crippen molar-refractivity contribution < 1.29 is 45.3 Å². The van der Waals surface area contributed by atoms with Crippen LogP contribution in [0.4, 0.5) is 0 Å². The van der Waals surface area contributed by atoms with E-state index in [4.69, 9.17) is 4.42 Å². The highest BCUT2D eigenvalue weighted by atomic mass is 16.4. The molecule has 0 saturated heterocycles. The first-order valence-electron chi connectivity index (χ1n) is 18.7. The van der Waals surface area contributed by atoms with Gasteiger partial charge in [-0.05, 0) is 67.2 Å². The van der Waals surface area contributed by atoms with E-state index in [2.05, 4.69) is 12.1 Å². The summed E-state index contributed by atoms with van der Waals surface area (Å²) < 4.78 is 6.55. The third-order valence-corrected chi connectivity index (χ3v) is 11.7. The van der Waals surface area contributed by atoms with Crippen molar-refractivity contribution in [3.05, 3.63) is 133 Å². The largest absolute Gasteiger partial charge is 0.504 e. The second-order valence-electron chi connectivity index (χ2n) is 14.8. The van der Waals surface area contributed by atoms with Gasteiger partial charge >= 0.3 is 0 Å². The highest BCUT2D eigenvalue weighted by Gasteiger charge is 2.33. The molecule has 11 rings (SSSR count). The molecule has 8 N–H and O–H groups in total. The Morgan fingerprint density at radius 3 is 1.49 bits per heavy atom. The van der Waals surface area contributed by atoms with Crippen LogP contribution in [0, 0.1) is 0 Å². The SMILES string of the molecule is Oc1c(O)c(O)c2c(-c3cccc4ccc(-c5cccc6c5oc5ccc7ccccc7c56)cc34)c3c(O)c(O)c(O)c(O)c3c(-c3ccc4ccccc4c3)c2c1O. The Hall–Kier alpha value is -8.30. The summed E-state index contributed by atoms with van der Waals surface area (Å²) in [6, 6.07) is 41.8. The molecule has 0 aliphatic heterocycles. The molecule has 0 spiro atoms. The molecule has 9 heteroatoms. The van der Waals surface area contributed by atoms with Gasteiger partial charge in [0.2, 0.25) is 23.0 Å². The first-order valence-corrected chi connectivity index (χ1v) is 18.7. The summed E-state index contributed by atoms with van der Waals surface area (Å²) in [5.74, 6) is -7.46. The lowest BCUT2D eigenvalue weighted by Crippen LogP contribution is -1.95. The molecule has 0 amide bonds. The third-order valence-electron chi connectivity index (χ3n) is 11.7. The van der Waals surface area contributed by atoms with Crippen LogP contribution in [0.15, 0.2) is 138 Å². The zero-order chi connectivity index (χ0) is 40.4. The van der Waals surface area contributed by atoms with Gasteiger partial charge in [-0.1, -0.05) is 115 Å². The third kappa shape index (κ3) is 4.61. The maximum atomic E-state index is 11.9. The molecule has 10 aromatic carbocycles. The van der Waals surface area contributed by atoms with Gasteiger partial charge in [-0.15, -0.1) is 0 Å². The highest BCUT2D eigenvalue weighted by Crippen LogP contribution is 2.62. The Morgan fingerprint density at radius 2 is 0.797 bits per heavy atom. The van der Waals surface area contributed by atoms with E-state index in [1.807, 2.05) is 91.0 Å². The van der Waals surface area contributed by atoms with Gasteiger partial charge in [-0.2, -0.15) is 0 Å². The summed E-state index contributed by atoms with van der Waals surface area (Å²) >= 11 is 0. The quantitative estimate of drug-likeness (QED) is 0.0493. The van der Waals surface area contributed by atoms with Gasteiger partial charge in [-0.3, -0.25) is 0 Å². The minimum Gasteiger partial charge on any atom is -0.504 e. The van der Waals surface area contributed by atoms with Crippen LogP contribution >= 0.6 is 0 Å². The lowest BCUT2D eigenvalue weighted by Gasteiger charge is -2.23. The van der Waals surface area contributed by atoms with Gasteiger partial charge in [0, 0.05) is 49.0 Å². The number of aromatic hydroxyl groups is 8. The van der Waals surface area contributed by atoms with E-state index in [9.17, 15) is 40.9 Å². The monoisotopic (exact) mass is 774 g/mol. The molecule has 0 unspecified atom stereocenters. The zero-order valence-electron chi connectivity index (χ0n) is 30.7. The summed E-state index contributed by atoms with van der Waals surface area (Å²) in [4.78, 5) is 0. The van der Waals surface area contributed by atoms with E-state index in [0.717, 1.165) is 49.0 Å². The molecule has 1 aromatic heterocycles. The fourth-order valence-corrected chi connectivity index (χ4v) is 8.98. The maximum Gasteiger partial charge on any atom is 0.204 e. The maximum absolute atomic E-state index is 11.9. The molecule has 0 aliphatic rings. The molecule has 0 fully saturated rings. The molecule has 284 valence electrons. The van der Waals surface area contributed by atoms with Crippen molar-refractivity contribution in [3.63, 3.8) is 0 Å². The Morgan fingerprint density at radius 1 is 0.305 bits per heavy atom. The van der Waals surface area contributed by atoms with Crippen LogP contribution in [0.5, 0.6) is 46.0 Å². The average molecular weight is 775 g/mol. The van der Waals surface area contributed by atoms with Crippen molar-refractivity contribution in [3.8, 4) is 79.4 Å². The van der Waals surface area contributed by atoms with Gasteiger partial charge in [0.1, 0.15) is 11.2 Å². The van der Waals surface area contributed by atoms with Crippen molar-refractivity contribution in [2.45, 2.75) is 0 Å². The predicted molar refractivity (Wildman–Crippen MR) is 231 cm³/mol. The number of phenolic OH excluding ortho intramolecular Hbond substituents is 8. The van der Waals surface area contributed by atoms with Crippen LogP contribution in [-0.2, 0) is 0 Å². The molecule has 59 heavy (non-hydrogen) atoms. The smallest absolute Gasteiger partial charge is 0.204 e. The first kappa shape index (κ1) is 34.0. The summed E-state index contributed by atoms with van der Waals surface area (Å²) in [6.07, 6.45) is 0. The van der Waals surface area contributed by atoms with E-state index in [1.54, 1.807) is 30.3 Å². The Balaban J connectivity index is 1.28. The van der Waals surface area contributed by atoms with Crippen molar-refractivity contribution in [1.29, 1.82) is 0 Å². The molecular weight excluding hydrogens is 745 g/mol. The van der Waals surface area contributed by atoms with Crippen LogP contribution in [-0.4, -0.2) is 40.9 Å². The summed E-state index contributed by atoms with van der Waals surface area (Å²) in [5, 5.41) is 97.7. The molecule has 0 bridgehead atoms. The lowest BCUT2D eigenvalue weighted by atomic mass is 9.82. The number of fused-ring (bicyclic) bond motifs is 9. The van der Waals surface area contributed by atoms with E-state index >= 15 is 0 Å². The predicted octanol–water partition coefficient (Wildman–Crippen LogP) is 12.0. The highest BCUT2D eigenvalue weighted by molar-refractivity contribution is 6.30. The Bertz CT molecular complexity index is 3580. The van der Waals surface area contributed by atoms with Gasteiger partial charge in [0.05, 0.1) is 0 Å². The molecule has 1 heterocycles. The normalized spacial score (nSPS) is 11.9. The van der Waals surface area contributed by atoms with Crippen molar-refractivity contribution >= 4 is 75.8 Å². The van der Waals surface area contributed by atoms with Crippen LogP contribution < -0.4 is 0 Å². The number of hydrogen-bond donors (Lipinski definition) is 8. The van der Waals surface area contributed by atoms with Gasteiger partial charge in [0.25, 0.3) is 0 Å². The number of furan rings is 1. The summed E-state index contributed by atoms with van der Waals surface area (Å²) in [5.41, 5.74) is 3.57. The average Bonchev–Trinajstić information content (AvgIpc) is 3.67. The second-order valence-corrected chi connectivity index (χ2v) is 14.8. The molecular formula is C50H30O9. The standard InChI is InChI=1S/C50H30O9/c51-42-38-35(28-18-15-23-7-1-2-9-26(23)21-28)39-41(45(54)49(58)47(56)43(39)52)37(40(38)44(53)48(57)46(42)55)31-13-5-10-25-16-17-27(22-33(25)31)30-12-6-14-32-36-29-11-4-3-8-24(29)19-20-34(36)59-50(30)32/h1-22,51-58H. The lowest BCUT2D eigenvalue weighted by molar-refractivity contribution is 0.350. The van der Waals surface area contributed by atoms with E-state index in [-0.39, 0.29) is 32.7 Å². The topological polar surface area (TPSA) is 175 Å². The molecule has 0 radical (unpaired) electrons. The number of hydrogen-bond acceptors (Lipinski definition) is 9. The number of para-hydroxylation sites is 1. The van der Waals surface area contributed by atoms with Crippen LogP contribution in [0.1, 0.15) is 0 Å². The van der Waals surface area contributed by atoms with Crippen molar-refractivity contribution in [2.75, 3.05) is 0 Å². The first-order chi connectivity index (χ1) is 28.6. The number of rotatable bonds is 3. The minimum absolute atomic E-state index is 0.0132. The summed E-state index contributed by atoms with van der Waals surface area (Å²) in [7, 11) is 0.